The molecule has 1 aromatic rings. The van der Waals surface area contributed by atoms with E-state index in [1.807, 2.05) is 20.1 Å². The summed E-state index contributed by atoms with van der Waals surface area (Å²) in [4.78, 5) is 31.8. The molecule has 0 fully saturated rings. The summed E-state index contributed by atoms with van der Waals surface area (Å²) < 4.78 is 4.77. The summed E-state index contributed by atoms with van der Waals surface area (Å²) >= 11 is 1.39. The number of hydrogen-bond donors (Lipinski definition) is 1. The Morgan fingerprint density at radius 2 is 2.15 bits per heavy atom. The van der Waals surface area contributed by atoms with Gasteiger partial charge in [-0.05, 0) is 27.0 Å². The quantitative estimate of drug-likeness (QED) is 0.271. The van der Waals surface area contributed by atoms with E-state index in [2.05, 4.69) is 15.3 Å². The van der Waals surface area contributed by atoms with Crippen molar-refractivity contribution in [3.05, 3.63) is 11.8 Å². The van der Waals surface area contributed by atoms with Crippen molar-refractivity contribution in [2.24, 2.45) is 0 Å². The average Bonchev–Trinajstić information content (AvgIpc) is 2.37. The maximum absolute atomic E-state index is 12.1. The minimum absolute atomic E-state index is 0.119. The Labute approximate surface area is 122 Å². The molecular weight excluding hydrogens is 278 g/mol. The monoisotopic (exact) mass is 297 g/mol. The van der Waals surface area contributed by atoms with Gasteiger partial charge in [0.15, 0.2) is 10.9 Å². The number of esters is 1. The van der Waals surface area contributed by atoms with E-state index in [0.29, 0.717) is 16.5 Å². The molecule has 0 atom stereocenters. The number of nitrogens with zero attached hydrogens (tertiary/aromatic N) is 2. The van der Waals surface area contributed by atoms with Crippen molar-refractivity contribution in [2.45, 2.75) is 38.4 Å². The van der Waals surface area contributed by atoms with Crippen molar-refractivity contribution in [1.82, 2.24) is 9.97 Å². The van der Waals surface area contributed by atoms with Crippen molar-refractivity contribution in [3.8, 4) is 0 Å². The van der Waals surface area contributed by atoms with E-state index in [0.717, 1.165) is 0 Å². The van der Waals surface area contributed by atoms with Gasteiger partial charge in [-0.2, -0.15) is 0 Å². The SMILES string of the molecule is CCOC(=O)CC(=O)c1cnc(SC)nc1NC(C)C. The van der Waals surface area contributed by atoms with Gasteiger partial charge in [0.25, 0.3) is 0 Å². The summed E-state index contributed by atoms with van der Waals surface area (Å²) in [6.07, 6.45) is 3.00. The molecule has 0 aromatic carbocycles. The summed E-state index contributed by atoms with van der Waals surface area (Å²) in [6.45, 7) is 5.84. The van der Waals surface area contributed by atoms with Gasteiger partial charge in [0.05, 0.1) is 12.2 Å². The Kier molecular flexibility index (Phi) is 6.44. The highest BCUT2D eigenvalue weighted by Crippen LogP contribution is 2.19. The van der Waals surface area contributed by atoms with Gasteiger partial charge in [-0.25, -0.2) is 9.97 Å². The molecular formula is C13H19N3O3S. The van der Waals surface area contributed by atoms with Crippen molar-refractivity contribution in [2.75, 3.05) is 18.2 Å². The van der Waals surface area contributed by atoms with E-state index in [9.17, 15) is 9.59 Å². The van der Waals surface area contributed by atoms with Crippen LogP contribution in [0.1, 0.15) is 37.6 Å². The molecule has 0 saturated carbocycles. The number of rotatable bonds is 7. The lowest BCUT2D eigenvalue weighted by atomic mass is 10.1. The molecule has 0 bridgehead atoms. The second-order valence-corrected chi connectivity index (χ2v) is 5.10. The Morgan fingerprint density at radius 3 is 2.70 bits per heavy atom. The summed E-state index contributed by atoms with van der Waals surface area (Å²) in [5, 5.41) is 3.67. The molecule has 6 nitrogen and oxygen atoms in total. The van der Waals surface area contributed by atoms with Crippen LogP contribution in [-0.4, -0.2) is 40.6 Å². The van der Waals surface area contributed by atoms with Gasteiger partial charge in [-0.3, -0.25) is 9.59 Å². The van der Waals surface area contributed by atoms with E-state index in [1.54, 1.807) is 6.92 Å². The summed E-state index contributed by atoms with van der Waals surface area (Å²) in [6, 6.07) is 0.119. The molecule has 1 N–H and O–H groups in total. The number of ketones is 1. The first-order valence-corrected chi connectivity index (χ1v) is 7.56. The third-order valence-electron chi connectivity index (χ3n) is 2.29. The first-order valence-electron chi connectivity index (χ1n) is 6.34. The molecule has 1 aromatic heterocycles. The lowest BCUT2D eigenvalue weighted by Crippen LogP contribution is -2.18. The number of hydrogen-bond acceptors (Lipinski definition) is 7. The highest BCUT2D eigenvalue weighted by molar-refractivity contribution is 7.98. The summed E-state index contributed by atoms with van der Waals surface area (Å²) in [5.74, 6) is -0.435. The van der Waals surface area contributed by atoms with Crippen molar-refractivity contribution in [1.29, 1.82) is 0 Å². The van der Waals surface area contributed by atoms with E-state index in [4.69, 9.17) is 4.74 Å². The molecule has 20 heavy (non-hydrogen) atoms. The molecule has 0 aliphatic rings. The maximum Gasteiger partial charge on any atom is 0.313 e. The minimum Gasteiger partial charge on any atom is -0.466 e. The number of aromatic nitrogens is 2. The topological polar surface area (TPSA) is 81.2 Å². The van der Waals surface area contributed by atoms with Crippen LogP contribution in [0.3, 0.4) is 0 Å². The molecule has 0 spiro atoms. The fourth-order valence-electron chi connectivity index (χ4n) is 1.49. The first-order chi connectivity index (χ1) is 9.47. The molecule has 0 aliphatic heterocycles. The number of carbonyl (C=O) groups excluding carboxylic acids is 2. The second-order valence-electron chi connectivity index (χ2n) is 4.32. The maximum atomic E-state index is 12.1. The number of Topliss-reactive ketones (excluding diaryl/α,β-unsaturated/α-hetero) is 1. The minimum atomic E-state index is -0.540. The molecule has 110 valence electrons. The molecule has 7 heteroatoms. The normalized spacial score (nSPS) is 10.4. The largest absolute Gasteiger partial charge is 0.466 e. The predicted molar refractivity (Wildman–Crippen MR) is 78.2 cm³/mol. The van der Waals surface area contributed by atoms with E-state index < -0.39 is 5.97 Å². The number of anilines is 1. The molecule has 0 amide bonds. The Balaban J connectivity index is 2.97. The first kappa shape index (κ1) is 16.4. The molecule has 0 radical (unpaired) electrons. The zero-order valence-corrected chi connectivity index (χ0v) is 12.9. The van der Waals surface area contributed by atoms with Crippen molar-refractivity contribution < 1.29 is 14.3 Å². The Morgan fingerprint density at radius 1 is 1.45 bits per heavy atom. The average molecular weight is 297 g/mol. The van der Waals surface area contributed by atoms with E-state index in [1.165, 1.54) is 18.0 Å². The standard InChI is InChI=1S/C13H19N3O3S/c1-5-19-11(18)6-10(17)9-7-14-13(20-4)16-12(9)15-8(2)3/h7-8H,5-6H2,1-4H3,(H,14,15,16). The van der Waals surface area contributed by atoms with Crippen LogP contribution in [0.5, 0.6) is 0 Å². The van der Waals surface area contributed by atoms with Gasteiger partial charge in [0.2, 0.25) is 0 Å². The zero-order chi connectivity index (χ0) is 15.1. The van der Waals surface area contributed by atoms with Gasteiger partial charge in [0, 0.05) is 12.2 Å². The highest BCUT2D eigenvalue weighted by atomic mass is 32.2. The fourth-order valence-corrected chi connectivity index (χ4v) is 1.83. The van der Waals surface area contributed by atoms with Crippen LogP contribution < -0.4 is 5.32 Å². The number of carbonyl (C=O) groups is 2. The molecule has 0 saturated heterocycles. The van der Waals surface area contributed by atoms with Gasteiger partial charge in [-0.1, -0.05) is 11.8 Å². The van der Waals surface area contributed by atoms with E-state index >= 15 is 0 Å². The van der Waals surface area contributed by atoms with Gasteiger partial charge < -0.3 is 10.1 Å². The number of ether oxygens (including phenoxy) is 1. The molecule has 1 heterocycles. The third kappa shape index (κ3) is 4.80. The van der Waals surface area contributed by atoms with Crippen LogP contribution in [0.15, 0.2) is 11.4 Å². The summed E-state index contributed by atoms with van der Waals surface area (Å²) in [5.41, 5.74) is 0.310. The van der Waals surface area contributed by atoms with Crippen LogP contribution in [0, 0.1) is 0 Å². The lowest BCUT2D eigenvalue weighted by molar-refractivity contribution is -0.141. The smallest absolute Gasteiger partial charge is 0.313 e. The van der Waals surface area contributed by atoms with E-state index in [-0.39, 0.29) is 24.9 Å². The molecule has 0 aliphatic carbocycles. The molecule has 0 unspecified atom stereocenters. The molecule has 1 rings (SSSR count). The van der Waals surface area contributed by atoms with Crippen LogP contribution in [0.4, 0.5) is 5.82 Å². The third-order valence-corrected chi connectivity index (χ3v) is 2.85. The number of nitrogens with one attached hydrogen (secondary N) is 1. The van der Waals surface area contributed by atoms with Crippen molar-refractivity contribution in [3.63, 3.8) is 0 Å². The zero-order valence-electron chi connectivity index (χ0n) is 12.1. The van der Waals surface area contributed by atoms with Crippen molar-refractivity contribution >= 4 is 29.3 Å². The van der Waals surface area contributed by atoms with Gasteiger partial charge >= 0.3 is 5.97 Å². The van der Waals surface area contributed by atoms with Gasteiger partial charge in [-0.15, -0.1) is 0 Å². The Bertz CT molecular complexity index is 492. The second kappa shape index (κ2) is 7.84. The van der Waals surface area contributed by atoms with Gasteiger partial charge in [0.1, 0.15) is 12.2 Å². The Hall–Kier alpha value is -1.63. The van der Waals surface area contributed by atoms with Crippen LogP contribution in [-0.2, 0) is 9.53 Å². The highest BCUT2D eigenvalue weighted by Gasteiger charge is 2.19. The fraction of sp³-hybridized carbons (Fsp3) is 0.538. The number of thioether (sulfide) groups is 1. The predicted octanol–water partition coefficient (Wildman–Crippen LogP) is 2.15. The van der Waals surface area contributed by atoms with Crippen LogP contribution in [0.25, 0.3) is 0 Å². The van der Waals surface area contributed by atoms with Crippen LogP contribution >= 0.6 is 11.8 Å². The van der Waals surface area contributed by atoms with Crippen LogP contribution in [0.2, 0.25) is 0 Å². The lowest BCUT2D eigenvalue weighted by Gasteiger charge is -2.13. The summed E-state index contributed by atoms with van der Waals surface area (Å²) in [7, 11) is 0.